The molecule has 0 aliphatic carbocycles. The molecule has 0 atom stereocenters. The van der Waals surface area contributed by atoms with Crippen LogP contribution in [-0.2, 0) is 0 Å². The Balaban J connectivity index is 1.92. The Morgan fingerprint density at radius 1 is 1.18 bits per heavy atom. The molecule has 3 aromatic rings. The number of imidazole rings is 1. The molecule has 0 aliphatic heterocycles. The van der Waals surface area contributed by atoms with Crippen molar-refractivity contribution in [2.75, 3.05) is 0 Å². The molecule has 0 unspecified atom stereocenters. The predicted octanol–water partition coefficient (Wildman–Crippen LogP) is 2.68. The highest BCUT2D eigenvalue weighted by Crippen LogP contribution is 2.13. The topological polar surface area (TPSA) is 97.1 Å². The van der Waals surface area contributed by atoms with Crippen molar-refractivity contribution >= 4 is 23.5 Å². The van der Waals surface area contributed by atoms with Gasteiger partial charge in [-0.25, -0.2) is 9.97 Å². The maximum absolute atomic E-state index is 10.6. The summed E-state index contributed by atoms with van der Waals surface area (Å²) in [6, 6.07) is 8.51. The summed E-state index contributed by atoms with van der Waals surface area (Å²) in [6.45, 7) is 0. The number of nitriles is 1. The molecule has 0 aliphatic rings. The van der Waals surface area contributed by atoms with Gasteiger partial charge in [0, 0.05) is 12.3 Å². The first-order valence-electron chi connectivity index (χ1n) is 6.33. The molecule has 3 rings (SSSR count). The fourth-order valence-corrected chi connectivity index (χ4v) is 1.96. The van der Waals surface area contributed by atoms with Gasteiger partial charge in [-0.2, -0.15) is 5.26 Å². The molecular weight excluding hydrogens is 282 g/mol. The molecule has 22 heavy (non-hydrogen) atoms. The molecule has 0 fully saturated rings. The lowest BCUT2D eigenvalue weighted by molar-refractivity contribution is -0.385. The number of rotatable bonds is 3. The second-order valence-electron chi connectivity index (χ2n) is 4.47. The molecule has 7 nitrogen and oxygen atoms in total. The summed E-state index contributed by atoms with van der Waals surface area (Å²) in [6.07, 6.45) is 8.10. The largest absolute Gasteiger partial charge is 0.299 e. The van der Waals surface area contributed by atoms with Crippen molar-refractivity contribution in [3.63, 3.8) is 0 Å². The second kappa shape index (κ2) is 5.46. The number of hydrogen-bond acceptors (Lipinski definition) is 5. The van der Waals surface area contributed by atoms with Crippen LogP contribution >= 0.6 is 0 Å². The number of fused-ring (bicyclic) bond motifs is 1. The van der Waals surface area contributed by atoms with E-state index in [0.29, 0.717) is 11.3 Å². The van der Waals surface area contributed by atoms with Gasteiger partial charge in [-0.15, -0.1) is 0 Å². The van der Waals surface area contributed by atoms with Crippen molar-refractivity contribution in [2.45, 2.75) is 0 Å². The second-order valence-corrected chi connectivity index (χ2v) is 4.47. The van der Waals surface area contributed by atoms with Gasteiger partial charge in [0.15, 0.2) is 0 Å². The van der Waals surface area contributed by atoms with Gasteiger partial charge < -0.3 is 0 Å². The van der Waals surface area contributed by atoms with Crippen molar-refractivity contribution in [3.8, 4) is 6.07 Å². The maximum atomic E-state index is 10.6. The average molecular weight is 291 g/mol. The van der Waals surface area contributed by atoms with Crippen molar-refractivity contribution < 1.29 is 4.92 Å². The summed E-state index contributed by atoms with van der Waals surface area (Å²) < 4.78 is 1.79. The number of pyridine rings is 2. The number of nitro groups is 1. The lowest BCUT2D eigenvalue weighted by Gasteiger charge is -1.97. The maximum Gasteiger partial charge on any atom is 0.287 e. The lowest BCUT2D eigenvalue weighted by Crippen LogP contribution is -1.90. The first-order chi connectivity index (χ1) is 10.7. The fraction of sp³-hybridized carbons (Fsp3) is 0. The Morgan fingerprint density at radius 2 is 2.05 bits per heavy atom. The monoisotopic (exact) mass is 291 g/mol. The number of nitrogens with zero attached hydrogens (tertiary/aromatic N) is 5. The summed E-state index contributed by atoms with van der Waals surface area (Å²) >= 11 is 0. The Kier molecular flexibility index (Phi) is 3.34. The quantitative estimate of drug-likeness (QED) is 0.546. The van der Waals surface area contributed by atoms with Gasteiger partial charge in [-0.3, -0.25) is 14.5 Å². The van der Waals surface area contributed by atoms with E-state index >= 15 is 0 Å². The molecule has 0 amide bonds. The van der Waals surface area contributed by atoms with Gasteiger partial charge in [-0.1, -0.05) is 0 Å². The van der Waals surface area contributed by atoms with Crippen LogP contribution in [0.2, 0.25) is 0 Å². The zero-order chi connectivity index (χ0) is 15.5. The Hall–Kier alpha value is -3.53. The van der Waals surface area contributed by atoms with Crippen LogP contribution in [0.5, 0.6) is 0 Å². The molecule has 3 aromatic heterocycles. The molecule has 0 N–H and O–H groups in total. The van der Waals surface area contributed by atoms with E-state index in [1.54, 1.807) is 47.1 Å². The van der Waals surface area contributed by atoms with E-state index in [-0.39, 0.29) is 5.69 Å². The molecule has 0 radical (unpaired) electrons. The average Bonchev–Trinajstić information content (AvgIpc) is 2.95. The summed E-state index contributed by atoms with van der Waals surface area (Å²) in [5.41, 5.74) is 2.60. The highest BCUT2D eigenvalue weighted by molar-refractivity contribution is 5.68. The fourth-order valence-electron chi connectivity index (χ4n) is 1.96. The highest BCUT2D eigenvalue weighted by Gasteiger charge is 2.04. The van der Waals surface area contributed by atoms with Gasteiger partial charge in [0.2, 0.25) is 0 Å². The van der Waals surface area contributed by atoms with Gasteiger partial charge >= 0.3 is 0 Å². The number of aromatic nitrogens is 3. The van der Waals surface area contributed by atoms with Crippen LogP contribution < -0.4 is 0 Å². The normalized spacial score (nSPS) is 10.9. The summed E-state index contributed by atoms with van der Waals surface area (Å²) in [4.78, 5) is 18.3. The van der Waals surface area contributed by atoms with E-state index in [2.05, 4.69) is 16.0 Å². The Morgan fingerprint density at radius 3 is 2.73 bits per heavy atom. The van der Waals surface area contributed by atoms with E-state index in [0.717, 1.165) is 11.3 Å². The van der Waals surface area contributed by atoms with Gasteiger partial charge in [0.1, 0.15) is 17.9 Å². The van der Waals surface area contributed by atoms with Crippen LogP contribution in [0.15, 0.2) is 42.9 Å². The minimum absolute atomic E-state index is 0.0504. The van der Waals surface area contributed by atoms with Crippen LogP contribution in [0.4, 0.5) is 5.69 Å². The zero-order valence-corrected chi connectivity index (χ0v) is 11.2. The molecule has 106 valence electrons. The zero-order valence-electron chi connectivity index (χ0n) is 11.2. The van der Waals surface area contributed by atoms with E-state index in [1.807, 2.05) is 0 Å². The molecule has 0 saturated heterocycles. The van der Waals surface area contributed by atoms with Gasteiger partial charge in [0.25, 0.3) is 5.69 Å². The molecule has 0 saturated carbocycles. The summed E-state index contributed by atoms with van der Waals surface area (Å²) in [7, 11) is 0. The highest BCUT2D eigenvalue weighted by atomic mass is 16.6. The molecule has 3 heterocycles. The third-order valence-electron chi connectivity index (χ3n) is 3.07. The van der Waals surface area contributed by atoms with Crippen molar-refractivity contribution in [3.05, 3.63) is 69.9 Å². The third-order valence-corrected chi connectivity index (χ3v) is 3.07. The smallest absolute Gasteiger partial charge is 0.287 e. The third kappa shape index (κ3) is 2.53. The van der Waals surface area contributed by atoms with Gasteiger partial charge in [0.05, 0.1) is 28.1 Å². The van der Waals surface area contributed by atoms with E-state index < -0.39 is 4.92 Å². The predicted molar refractivity (Wildman–Crippen MR) is 79.7 cm³/mol. The first-order valence-corrected chi connectivity index (χ1v) is 6.33. The molecular formula is C15H9N5O2. The Bertz CT molecular complexity index is 919. The van der Waals surface area contributed by atoms with Crippen molar-refractivity contribution in [2.24, 2.45) is 0 Å². The lowest BCUT2D eigenvalue weighted by atomic mass is 10.3. The van der Waals surface area contributed by atoms with Crippen molar-refractivity contribution in [1.29, 1.82) is 5.26 Å². The minimum atomic E-state index is -0.492. The summed E-state index contributed by atoms with van der Waals surface area (Å²) in [5.74, 6) is 0. The molecule has 7 heteroatoms. The minimum Gasteiger partial charge on any atom is -0.299 e. The van der Waals surface area contributed by atoms with E-state index in [9.17, 15) is 10.1 Å². The van der Waals surface area contributed by atoms with Crippen LogP contribution in [0, 0.1) is 21.4 Å². The van der Waals surface area contributed by atoms with E-state index in [4.69, 9.17) is 5.26 Å². The summed E-state index contributed by atoms with van der Waals surface area (Å²) in [5, 5.41) is 19.5. The standard InChI is InChI=1S/C15H9N5O2/c16-7-11-1-6-15-18-8-13(19(15)10-11)4-2-12-3-5-14(9-17-12)20(21)22/h1-6,8-10H. The first kappa shape index (κ1) is 13.5. The van der Waals surface area contributed by atoms with Crippen LogP contribution in [-0.4, -0.2) is 19.3 Å². The number of hydrogen-bond donors (Lipinski definition) is 0. The van der Waals surface area contributed by atoms with Crippen LogP contribution in [0.1, 0.15) is 17.0 Å². The molecule has 0 spiro atoms. The molecule has 0 bridgehead atoms. The Labute approximate surface area is 124 Å². The van der Waals surface area contributed by atoms with E-state index in [1.165, 1.54) is 12.3 Å². The van der Waals surface area contributed by atoms with Crippen LogP contribution in [0.25, 0.3) is 17.8 Å². The SMILES string of the molecule is N#Cc1ccc2ncc(C=Cc3ccc([N+](=O)[O-])cn3)n2c1. The van der Waals surface area contributed by atoms with Crippen molar-refractivity contribution in [1.82, 2.24) is 14.4 Å². The van der Waals surface area contributed by atoms with Crippen LogP contribution in [0.3, 0.4) is 0 Å². The van der Waals surface area contributed by atoms with Gasteiger partial charge in [-0.05, 0) is 30.4 Å². The molecule has 0 aromatic carbocycles.